The number of carboxylic acids is 1. The maximum absolute atomic E-state index is 12.0. The topological polar surface area (TPSA) is 95.9 Å². The highest BCUT2D eigenvalue weighted by molar-refractivity contribution is 5.88. The highest BCUT2D eigenvalue weighted by atomic mass is 16.6. The highest BCUT2D eigenvalue weighted by Gasteiger charge is 2.31. The first-order chi connectivity index (χ1) is 9.58. The Labute approximate surface area is 124 Å². The first kappa shape index (κ1) is 17.4. The smallest absolute Gasteiger partial charge is 0.326 e. The maximum atomic E-state index is 12.0. The molecule has 0 spiro atoms. The number of amides is 1. The Morgan fingerprint density at radius 3 is 2.43 bits per heavy atom. The molecule has 0 aromatic heterocycles. The summed E-state index contributed by atoms with van der Waals surface area (Å²) < 4.78 is 5.08. The van der Waals surface area contributed by atoms with E-state index >= 15 is 0 Å². The van der Waals surface area contributed by atoms with E-state index in [9.17, 15) is 14.4 Å². The molecule has 0 aromatic rings. The minimum absolute atomic E-state index is 0.226. The van der Waals surface area contributed by atoms with Crippen molar-refractivity contribution in [3.63, 3.8) is 0 Å². The van der Waals surface area contributed by atoms with Gasteiger partial charge in [-0.2, -0.15) is 0 Å². The van der Waals surface area contributed by atoms with Crippen LogP contribution in [0.3, 0.4) is 0 Å². The fourth-order valence-electron chi connectivity index (χ4n) is 2.19. The third kappa shape index (κ3) is 6.12. The molecule has 120 valence electrons. The zero-order valence-corrected chi connectivity index (χ0v) is 13.0. The summed E-state index contributed by atoms with van der Waals surface area (Å²) in [5.41, 5.74) is -0.682. The second-order valence-electron chi connectivity index (χ2n) is 6.44. The van der Waals surface area contributed by atoms with Gasteiger partial charge in [0.1, 0.15) is 11.6 Å². The molecule has 1 unspecified atom stereocenters. The largest absolute Gasteiger partial charge is 0.480 e. The van der Waals surface area contributed by atoms with Crippen molar-refractivity contribution in [1.29, 1.82) is 0 Å². The van der Waals surface area contributed by atoms with Crippen LogP contribution in [0.5, 0.6) is 0 Å². The average molecular weight is 300 g/mol. The predicted molar refractivity (Wildman–Crippen MR) is 75.6 cm³/mol. The summed E-state index contributed by atoms with van der Waals surface area (Å²) in [7, 11) is 1.91. The molecule has 0 bridgehead atoms. The third-order valence-corrected chi connectivity index (χ3v) is 3.17. The number of aliphatic carboxylic acids is 1. The number of carbonyl (C=O) groups is 3. The predicted octanol–water partition coefficient (Wildman–Crippen LogP) is 0.239. The summed E-state index contributed by atoms with van der Waals surface area (Å²) in [6.45, 7) is 6.52. The SMILES string of the molecule is CN1CCC(C(=O)N[C@@H](CC(=O)OC(C)(C)C)C(=O)O)C1. The van der Waals surface area contributed by atoms with Crippen LogP contribution < -0.4 is 5.32 Å². The van der Waals surface area contributed by atoms with E-state index in [1.165, 1.54) is 0 Å². The number of hydrogen-bond donors (Lipinski definition) is 2. The Balaban J connectivity index is 2.56. The van der Waals surface area contributed by atoms with E-state index in [1.54, 1.807) is 20.8 Å². The Morgan fingerprint density at radius 1 is 1.38 bits per heavy atom. The van der Waals surface area contributed by atoms with E-state index < -0.39 is 23.6 Å². The molecule has 0 aromatic carbocycles. The number of carbonyl (C=O) groups excluding carboxylic acids is 2. The molecule has 1 fully saturated rings. The van der Waals surface area contributed by atoms with Crippen molar-refractivity contribution < 1.29 is 24.2 Å². The number of hydrogen-bond acceptors (Lipinski definition) is 5. The summed E-state index contributed by atoms with van der Waals surface area (Å²) in [5.74, 6) is -2.43. The van der Waals surface area contributed by atoms with Crippen molar-refractivity contribution in [2.45, 2.75) is 45.3 Å². The lowest BCUT2D eigenvalue weighted by Crippen LogP contribution is -2.46. The number of likely N-dealkylation sites (tertiary alicyclic amines) is 1. The molecule has 1 rings (SSSR count). The summed E-state index contributed by atoms with van der Waals surface area (Å²) in [6.07, 6.45) is 0.321. The van der Waals surface area contributed by atoms with Crippen LogP contribution in [0.2, 0.25) is 0 Å². The van der Waals surface area contributed by atoms with Gasteiger partial charge in [0.05, 0.1) is 12.3 Å². The van der Waals surface area contributed by atoms with Crippen molar-refractivity contribution in [3.05, 3.63) is 0 Å². The van der Waals surface area contributed by atoms with Crippen LogP contribution in [-0.4, -0.2) is 59.6 Å². The zero-order valence-electron chi connectivity index (χ0n) is 13.0. The van der Waals surface area contributed by atoms with E-state index in [0.29, 0.717) is 13.0 Å². The van der Waals surface area contributed by atoms with Gasteiger partial charge in [-0.1, -0.05) is 0 Å². The standard InChI is InChI=1S/C14H24N2O5/c1-14(2,3)21-11(17)7-10(13(19)20)15-12(18)9-5-6-16(4)8-9/h9-10H,5-8H2,1-4H3,(H,15,18)(H,19,20)/t9?,10-/m0/s1. The lowest BCUT2D eigenvalue weighted by molar-refractivity contribution is -0.158. The molecule has 21 heavy (non-hydrogen) atoms. The maximum Gasteiger partial charge on any atom is 0.326 e. The molecule has 1 saturated heterocycles. The molecule has 0 saturated carbocycles. The van der Waals surface area contributed by atoms with Crippen molar-refractivity contribution >= 4 is 17.8 Å². The number of ether oxygens (including phenoxy) is 1. The summed E-state index contributed by atoms with van der Waals surface area (Å²) in [4.78, 5) is 36.9. The first-order valence-electron chi connectivity index (χ1n) is 7.02. The molecule has 1 aliphatic heterocycles. The minimum Gasteiger partial charge on any atom is -0.480 e. The van der Waals surface area contributed by atoms with E-state index in [1.807, 2.05) is 11.9 Å². The third-order valence-electron chi connectivity index (χ3n) is 3.17. The Kier molecular flexibility index (Phi) is 5.71. The molecule has 0 aliphatic carbocycles. The number of esters is 1. The van der Waals surface area contributed by atoms with E-state index in [2.05, 4.69) is 5.32 Å². The van der Waals surface area contributed by atoms with Gasteiger partial charge in [0.2, 0.25) is 5.91 Å². The van der Waals surface area contributed by atoms with Gasteiger partial charge in [0, 0.05) is 6.54 Å². The molecule has 1 heterocycles. The summed E-state index contributed by atoms with van der Waals surface area (Å²) in [6, 6.07) is -1.25. The molecule has 0 radical (unpaired) electrons. The van der Waals surface area contributed by atoms with Crippen LogP contribution in [0.1, 0.15) is 33.6 Å². The second kappa shape index (κ2) is 6.89. The van der Waals surface area contributed by atoms with Gasteiger partial charge in [-0.05, 0) is 40.8 Å². The lowest BCUT2D eigenvalue weighted by Gasteiger charge is -2.22. The molecule has 2 atom stereocenters. The van der Waals surface area contributed by atoms with Crippen LogP contribution in [-0.2, 0) is 19.1 Å². The Morgan fingerprint density at radius 2 is 2.00 bits per heavy atom. The van der Waals surface area contributed by atoms with Crippen LogP contribution in [0.15, 0.2) is 0 Å². The minimum atomic E-state index is -1.25. The second-order valence-corrected chi connectivity index (χ2v) is 6.44. The fraction of sp³-hybridized carbons (Fsp3) is 0.786. The number of rotatable bonds is 5. The monoisotopic (exact) mass is 300 g/mol. The van der Waals surface area contributed by atoms with E-state index in [0.717, 1.165) is 6.54 Å². The molecule has 1 amide bonds. The molecule has 7 heteroatoms. The molecule has 1 aliphatic rings. The van der Waals surface area contributed by atoms with Crippen molar-refractivity contribution in [2.24, 2.45) is 5.92 Å². The van der Waals surface area contributed by atoms with Gasteiger partial charge in [0.25, 0.3) is 0 Å². The average Bonchev–Trinajstić information content (AvgIpc) is 2.72. The zero-order chi connectivity index (χ0) is 16.2. The Hall–Kier alpha value is -1.63. The van der Waals surface area contributed by atoms with Gasteiger partial charge < -0.3 is 20.1 Å². The fourth-order valence-corrected chi connectivity index (χ4v) is 2.19. The Bertz CT molecular complexity index is 416. The van der Waals surface area contributed by atoms with Crippen LogP contribution in [0, 0.1) is 5.92 Å². The van der Waals surface area contributed by atoms with Gasteiger partial charge in [-0.25, -0.2) is 4.79 Å². The van der Waals surface area contributed by atoms with Crippen LogP contribution >= 0.6 is 0 Å². The quantitative estimate of drug-likeness (QED) is 0.706. The van der Waals surface area contributed by atoms with Gasteiger partial charge in [0.15, 0.2) is 0 Å². The van der Waals surface area contributed by atoms with Gasteiger partial charge >= 0.3 is 11.9 Å². The molecular weight excluding hydrogens is 276 g/mol. The molecular formula is C14H24N2O5. The summed E-state index contributed by atoms with van der Waals surface area (Å²) >= 11 is 0. The number of nitrogens with zero attached hydrogens (tertiary/aromatic N) is 1. The molecule has 7 nitrogen and oxygen atoms in total. The van der Waals surface area contributed by atoms with Gasteiger partial charge in [-0.3, -0.25) is 9.59 Å². The number of carboxylic acid groups (broad SMARTS) is 1. The van der Waals surface area contributed by atoms with Crippen molar-refractivity contribution in [3.8, 4) is 0 Å². The van der Waals surface area contributed by atoms with Crippen LogP contribution in [0.25, 0.3) is 0 Å². The van der Waals surface area contributed by atoms with E-state index in [-0.39, 0.29) is 18.2 Å². The first-order valence-corrected chi connectivity index (χ1v) is 7.02. The van der Waals surface area contributed by atoms with Gasteiger partial charge in [-0.15, -0.1) is 0 Å². The van der Waals surface area contributed by atoms with Crippen molar-refractivity contribution in [2.75, 3.05) is 20.1 Å². The van der Waals surface area contributed by atoms with E-state index in [4.69, 9.17) is 9.84 Å². The molecule has 2 N–H and O–H groups in total. The normalized spacial score (nSPS) is 20.9. The van der Waals surface area contributed by atoms with Crippen LogP contribution in [0.4, 0.5) is 0 Å². The van der Waals surface area contributed by atoms with Crippen molar-refractivity contribution in [1.82, 2.24) is 10.2 Å². The lowest BCUT2D eigenvalue weighted by atomic mass is 10.1. The number of nitrogens with one attached hydrogen (secondary N) is 1. The highest BCUT2D eigenvalue weighted by Crippen LogP contribution is 2.15. The summed E-state index contributed by atoms with van der Waals surface area (Å²) in [5, 5.41) is 11.6.